The second kappa shape index (κ2) is 5.39. The molecule has 0 fully saturated rings. The second-order valence-corrected chi connectivity index (χ2v) is 3.54. The molecular formula is C12H16NO2. The number of ether oxygens (including phenoxy) is 1. The van der Waals surface area contributed by atoms with Gasteiger partial charge in [-0.3, -0.25) is 4.79 Å². The van der Waals surface area contributed by atoms with Crippen LogP contribution in [0.25, 0.3) is 0 Å². The van der Waals surface area contributed by atoms with Crippen molar-refractivity contribution >= 4 is 5.91 Å². The third-order valence-corrected chi connectivity index (χ3v) is 1.96. The van der Waals surface area contributed by atoms with Gasteiger partial charge in [0.15, 0.2) is 0 Å². The van der Waals surface area contributed by atoms with Crippen LogP contribution in [0.15, 0.2) is 24.3 Å². The van der Waals surface area contributed by atoms with Crippen molar-refractivity contribution in [2.45, 2.75) is 6.92 Å². The molecule has 1 radical (unpaired) electrons. The van der Waals surface area contributed by atoms with Gasteiger partial charge >= 0.3 is 0 Å². The third kappa shape index (κ3) is 3.62. The molecule has 1 atom stereocenters. The van der Waals surface area contributed by atoms with Crippen LogP contribution in [-0.4, -0.2) is 19.6 Å². The Balaban J connectivity index is 2.58. The molecular weight excluding hydrogens is 190 g/mol. The van der Waals surface area contributed by atoms with E-state index in [2.05, 4.69) is 12.2 Å². The van der Waals surface area contributed by atoms with Gasteiger partial charge in [-0.05, 0) is 37.1 Å². The summed E-state index contributed by atoms with van der Waals surface area (Å²) < 4.78 is 5.01. The molecule has 0 spiro atoms. The van der Waals surface area contributed by atoms with E-state index in [1.165, 1.54) is 0 Å². The van der Waals surface area contributed by atoms with Gasteiger partial charge in [0.25, 0.3) is 5.91 Å². The Hall–Kier alpha value is -1.51. The number of hydrogen-bond acceptors (Lipinski definition) is 2. The van der Waals surface area contributed by atoms with Gasteiger partial charge in [0, 0.05) is 12.1 Å². The average molecular weight is 206 g/mol. The number of nitrogens with one attached hydrogen (secondary N) is 1. The number of amides is 1. The van der Waals surface area contributed by atoms with Gasteiger partial charge in [-0.2, -0.15) is 0 Å². The summed E-state index contributed by atoms with van der Waals surface area (Å²) >= 11 is 0. The largest absolute Gasteiger partial charge is 0.497 e. The molecule has 0 aliphatic heterocycles. The van der Waals surface area contributed by atoms with Crippen molar-refractivity contribution in [1.29, 1.82) is 0 Å². The molecule has 1 rings (SSSR count). The van der Waals surface area contributed by atoms with Gasteiger partial charge in [-0.1, -0.05) is 6.92 Å². The molecule has 0 bridgehead atoms. The fraction of sp³-hybridized carbons (Fsp3) is 0.333. The maximum atomic E-state index is 11.6. The molecule has 1 aromatic carbocycles. The fourth-order valence-corrected chi connectivity index (χ4v) is 1.11. The Morgan fingerprint density at radius 1 is 1.47 bits per heavy atom. The lowest BCUT2D eigenvalue weighted by molar-refractivity contribution is 0.0950. The van der Waals surface area contributed by atoms with E-state index in [0.717, 1.165) is 5.75 Å². The zero-order valence-corrected chi connectivity index (χ0v) is 9.12. The van der Waals surface area contributed by atoms with Crippen LogP contribution in [0.2, 0.25) is 0 Å². The lowest BCUT2D eigenvalue weighted by Crippen LogP contribution is -2.27. The average Bonchev–Trinajstić information content (AvgIpc) is 2.26. The Bertz CT molecular complexity index is 317. The monoisotopic (exact) mass is 206 g/mol. The van der Waals surface area contributed by atoms with Crippen LogP contribution in [0.3, 0.4) is 0 Å². The van der Waals surface area contributed by atoms with Crippen LogP contribution in [0.4, 0.5) is 0 Å². The van der Waals surface area contributed by atoms with Crippen molar-refractivity contribution in [2.75, 3.05) is 13.7 Å². The van der Waals surface area contributed by atoms with Crippen LogP contribution >= 0.6 is 0 Å². The standard InChI is InChI=1S/C12H16NO2/c1-9(2)8-13-12(14)10-4-6-11(15-3)7-5-10/h4-7,9H,1,8H2,2-3H3,(H,13,14). The Labute approximate surface area is 90.4 Å². The highest BCUT2D eigenvalue weighted by atomic mass is 16.5. The maximum absolute atomic E-state index is 11.6. The molecule has 1 unspecified atom stereocenters. The summed E-state index contributed by atoms with van der Waals surface area (Å²) in [5, 5.41) is 2.79. The number of benzene rings is 1. The first-order chi connectivity index (χ1) is 7.13. The molecule has 0 heterocycles. The zero-order chi connectivity index (χ0) is 11.3. The number of carbonyl (C=O) groups excluding carboxylic acids is 1. The van der Waals surface area contributed by atoms with E-state index in [0.29, 0.717) is 12.1 Å². The molecule has 81 valence electrons. The topological polar surface area (TPSA) is 38.3 Å². The minimum absolute atomic E-state index is 0.0758. The minimum Gasteiger partial charge on any atom is -0.497 e. The third-order valence-electron chi connectivity index (χ3n) is 1.96. The van der Waals surface area contributed by atoms with E-state index in [1.807, 2.05) is 6.92 Å². The smallest absolute Gasteiger partial charge is 0.251 e. The summed E-state index contributed by atoms with van der Waals surface area (Å²) in [4.78, 5) is 11.6. The highest BCUT2D eigenvalue weighted by Crippen LogP contribution is 2.10. The van der Waals surface area contributed by atoms with Crippen LogP contribution in [0.1, 0.15) is 17.3 Å². The molecule has 0 aliphatic carbocycles. The Morgan fingerprint density at radius 2 is 2.07 bits per heavy atom. The number of methoxy groups -OCH3 is 1. The first-order valence-corrected chi connectivity index (χ1v) is 4.89. The van der Waals surface area contributed by atoms with Crippen molar-refractivity contribution in [3.05, 3.63) is 36.8 Å². The summed E-state index contributed by atoms with van der Waals surface area (Å²) in [6, 6.07) is 7.01. The van der Waals surface area contributed by atoms with Gasteiger partial charge in [0.1, 0.15) is 5.75 Å². The van der Waals surface area contributed by atoms with E-state index < -0.39 is 0 Å². The van der Waals surface area contributed by atoms with Crippen molar-refractivity contribution in [1.82, 2.24) is 5.32 Å². The summed E-state index contributed by atoms with van der Waals surface area (Å²) in [6.07, 6.45) is 0. The van der Waals surface area contributed by atoms with Gasteiger partial charge in [-0.25, -0.2) is 0 Å². The molecule has 0 saturated carbocycles. The highest BCUT2D eigenvalue weighted by Gasteiger charge is 2.05. The lowest BCUT2D eigenvalue weighted by atomic mass is 10.2. The fourth-order valence-electron chi connectivity index (χ4n) is 1.11. The van der Waals surface area contributed by atoms with Gasteiger partial charge in [-0.15, -0.1) is 0 Å². The second-order valence-electron chi connectivity index (χ2n) is 3.54. The van der Waals surface area contributed by atoms with E-state index in [1.54, 1.807) is 31.4 Å². The summed E-state index contributed by atoms with van der Waals surface area (Å²) in [6.45, 7) is 6.34. The predicted octanol–water partition coefficient (Wildman–Crippen LogP) is 1.90. The summed E-state index contributed by atoms with van der Waals surface area (Å²) in [5.41, 5.74) is 0.636. The molecule has 15 heavy (non-hydrogen) atoms. The maximum Gasteiger partial charge on any atom is 0.251 e. The molecule has 0 aliphatic rings. The van der Waals surface area contributed by atoms with Crippen LogP contribution in [0, 0.1) is 12.8 Å². The quantitative estimate of drug-likeness (QED) is 0.817. The molecule has 1 aromatic rings. The normalized spacial score (nSPS) is 10.1. The van der Waals surface area contributed by atoms with Crippen LogP contribution in [-0.2, 0) is 0 Å². The molecule has 0 saturated heterocycles. The minimum atomic E-state index is -0.0758. The van der Waals surface area contributed by atoms with Crippen molar-refractivity contribution in [3.8, 4) is 5.75 Å². The van der Waals surface area contributed by atoms with Gasteiger partial charge in [0.05, 0.1) is 7.11 Å². The molecule has 3 heteroatoms. The highest BCUT2D eigenvalue weighted by molar-refractivity contribution is 5.94. The van der Waals surface area contributed by atoms with Crippen molar-refractivity contribution < 1.29 is 9.53 Å². The molecule has 3 nitrogen and oxygen atoms in total. The number of rotatable bonds is 4. The predicted molar refractivity (Wildman–Crippen MR) is 59.8 cm³/mol. The van der Waals surface area contributed by atoms with Gasteiger partial charge in [0.2, 0.25) is 0 Å². The van der Waals surface area contributed by atoms with Crippen molar-refractivity contribution in [3.63, 3.8) is 0 Å². The number of hydrogen-bond donors (Lipinski definition) is 1. The Morgan fingerprint density at radius 3 is 2.53 bits per heavy atom. The molecule has 1 N–H and O–H groups in total. The zero-order valence-electron chi connectivity index (χ0n) is 9.12. The van der Waals surface area contributed by atoms with Crippen LogP contribution < -0.4 is 10.1 Å². The lowest BCUT2D eigenvalue weighted by Gasteiger charge is -2.07. The summed E-state index contributed by atoms with van der Waals surface area (Å²) in [7, 11) is 1.60. The molecule has 0 aromatic heterocycles. The van der Waals surface area contributed by atoms with E-state index in [-0.39, 0.29) is 11.8 Å². The number of carbonyl (C=O) groups is 1. The van der Waals surface area contributed by atoms with E-state index in [9.17, 15) is 4.79 Å². The van der Waals surface area contributed by atoms with E-state index >= 15 is 0 Å². The first kappa shape index (κ1) is 11.6. The van der Waals surface area contributed by atoms with Gasteiger partial charge < -0.3 is 10.1 Å². The van der Waals surface area contributed by atoms with Crippen LogP contribution in [0.5, 0.6) is 5.75 Å². The molecule has 1 amide bonds. The Kier molecular flexibility index (Phi) is 4.16. The summed E-state index contributed by atoms with van der Waals surface area (Å²) in [5.74, 6) is 0.887. The first-order valence-electron chi connectivity index (χ1n) is 4.89. The van der Waals surface area contributed by atoms with Crippen molar-refractivity contribution in [2.24, 2.45) is 5.92 Å². The SMILES string of the molecule is [CH2]C(C)CNC(=O)c1ccc(OC)cc1. The van der Waals surface area contributed by atoms with E-state index in [4.69, 9.17) is 4.74 Å².